The van der Waals surface area contributed by atoms with Crippen LogP contribution in [0.5, 0.6) is 0 Å². The quantitative estimate of drug-likeness (QED) is 0.445. The maximum Gasteiger partial charge on any atom is 0.0502 e. The van der Waals surface area contributed by atoms with E-state index in [9.17, 15) is 0 Å². The van der Waals surface area contributed by atoms with Crippen LogP contribution in [-0.2, 0) is 0 Å². The van der Waals surface area contributed by atoms with E-state index in [0.717, 1.165) is 22.2 Å². The molecule has 0 spiro atoms. The van der Waals surface area contributed by atoms with Gasteiger partial charge in [-0.15, -0.1) is 0 Å². The van der Waals surface area contributed by atoms with Gasteiger partial charge in [0, 0.05) is 34.2 Å². The van der Waals surface area contributed by atoms with Crippen molar-refractivity contribution in [2.24, 2.45) is 0 Å². The third-order valence-corrected chi connectivity index (χ3v) is 3.51. The molecule has 94 valence electrons. The average Bonchev–Trinajstić information content (AvgIpc) is 3.09. The highest BCUT2D eigenvalue weighted by Gasteiger charge is 2.01. The Morgan fingerprint density at radius 1 is 0.600 bits per heavy atom. The molecule has 20 heavy (non-hydrogen) atoms. The van der Waals surface area contributed by atoms with Gasteiger partial charge in [0.25, 0.3) is 0 Å². The summed E-state index contributed by atoms with van der Waals surface area (Å²) in [6.45, 7) is 0. The van der Waals surface area contributed by atoms with Crippen LogP contribution < -0.4 is 0 Å². The highest BCUT2D eigenvalue weighted by molar-refractivity contribution is 5.88. The Bertz CT molecular complexity index is 883. The van der Waals surface area contributed by atoms with E-state index in [-0.39, 0.29) is 0 Å². The minimum atomic E-state index is 1.03. The monoisotopic (exact) mass is 256 g/mol. The number of aromatic amines is 2. The Morgan fingerprint density at radius 3 is 1.55 bits per heavy atom. The fourth-order valence-corrected chi connectivity index (χ4v) is 2.48. The molecule has 0 amide bonds. The number of rotatable bonds is 0. The molecular formula is C18H12N2. The third-order valence-electron chi connectivity index (χ3n) is 3.51. The predicted octanol–water partition coefficient (Wildman–Crippen LogP) is 4.05. The first kappa shape index (κ1) is 11.0. The molecule has 2 N–H and O–H groups in total. The van der Waals surface area contributed by atoms with Crippen molar-refractivity contribution in [2.75, 3.05) is 0 Å². The van der Waals surface area contributed by atoms with Crippen LogP contribution in [-0.4, -0.2) is 9.97 Å². The molecule has 4 rings (SSSR count). The largest absolute Gasteiger partial charge is 0.360 e. The van der Waals surface area contributed by atoms with Crippen molar-refractivity contribution in [2.45, 2.75) is 0 Å². The van der Waals surface area contributed by atoms with E-state index in [4.69, 9.17) is 0 Å². The molecule has 2 aromatic heterocycles. The van der Waals surface area contributed by atoms with Gasteiger partial charge in [-0.25, -0.2) is 0 Å². The summed E-state index contributed by atoms with van der Waals surface area (Å²) in [5.41, 5.74) is 4.31. The summed E-state index contributed by atoms with van der Waals surface area (Å²) in [6.07, 6.45) is 3.93. The van der Waals surface area contributed by atoms with Crippen LogP contribution in [0.25, 0.3) is 21.8 Å². The summed E-state index contributed by atoms with van der Waals surface area (Å²) in [7, 11) is 0. The average molecular weight is 256 g/mol. The summed E-state index contributed by atoms with van der Waals surface area (Å²) in [4.78, 5) is 6.49. The third kappa shape index (κ3) is 1.69. The van der Waals surface area contributed by atoms with Crippen molar-refractivity contribution in [3.05, 3.63) is 72.1 Å². The van der Waals surface area contributed by atoms with Crippen molar-refractivity contribution in [1.82, 2.24) is 9.97 Å². The molecule has 0 aliphatic carbocycles. The normalized spacial score (nSPS) is 10.6. The molecule has 2 nitrogen and oxygen atoms in total. The molecule has 0 aliphatic rings. The number of benzene rings is 2. The van der Waals surface area contributed by atoms with E-state index in [2.05, 4.69) is 46.1 Å². The van der Waals surface area contributed by atoms with Crippen molar-refractivity contribution in [3.8, 4) is 11.8 Å². The van der Waals surface area contributed by atoms with Crippen LogP contribution in [0.1, 0.15) is 11.1 Å². The first-order valence-corrected chi connectivity index (χ1v) is 6.56. The summed E-state index contributed by atoms with van der Waals surface area (Å²) in [6, 6.07) is 16.4. The molecule has 0 fully saturated rings. The van der Waals surface area contributed by atoms with Gasteiger partial charge in [0.1, 0.15) is 0 Å². The number of fused-ring (bicyclic) bond motifs is 2. The second-order valence-electron chi connectivity index (χ2n) is 4.75. The summed E-state index contributed by atoms with van der Waals surface area (Å²) >= 11 is 0. The van der Waals surface area contributed by atoms with Crippen LogP contribution >= 0.6 is 0 Å². The number of nitrogens with one attached hydrogen (secondary N) is 2. The van der Waals surface area contributed by atoms with Crippen molar-refractivity contribution in [1.29, 1.82) is 0 Å². The smallest absolute Gasteiger partial charge is 0.0502 e. The van der Waals surface area contributed by atoms with E-state index in [1.54, 1.807) is 0 Å². The number of para-hydroxylation sites is 2. The van der Waals surface area contributed by atoms with E-state index in [1.165, 1.54) is 10.8 Å². The first-order valence-electron chi connectivity index (χ1n) is 6.56. The fraction of sp³-hybridized carbons (Fsp3) is 0. The van der Waals surface area contributed by atoms with E-state index in [1.807, 2.05) is 36.7 Å². The van der Waals surface area contributed by atoms with Gasteiger partial charge in [0.15, 0.2) is 0 Å². The van der Waals surface area contributed by atoms with Gasteiger partial charge in [0.2, 0.25) is 0 Å². The second-order valence-corrected chi connectivity index (χ2v) is 4.75. The lowest BCUT2D eigenvalue weighted by Crippen LogP contribution is -1.72. The second kappa shape index (κ2) is 4.32. The van der Waals surface area contributed by atoms with Gasteiger partial charge in [-0.3, -0.25) is 0 Å². The van der Waals surface area contributed by atoms with Gasteiger partial charge < -0.3 is 9.97 Å². The minimum absolute atomic E-state index is 1.03. The SMILES string of the molecule is C(#Cc1c[nH]c2ccccc12)c1c[nH]c2ccccc12. The fourth-order valence-electron chi connectivity index (χ4n) is 2.48. The number of hydrogen-bond acceptors (Lipinski definition) is 0. The number of hydrogen-bond donors (Lipinski definition) is 2. The summed E-state index contributed by atoms with van der Waals surface area (Å²) in [5, 5.41) is 2.33. The zero-order valence-corrected chi connectivity index (χ0v) is 10.8. The molecule has 0 radical (unpaired) electrons. The van der Waals surface area contributed by atoms with Gasteiger partial charge in [-0.05, 0) is 12.1 Å². The number of H-pyrrole nitrogens is 2. The molecule has 0 aliphatic heterocycles. The molecule has 0 unspecified atom stereocenters. The van der Waals surface area contributed by atoms with Crippen LogP contribution in [0.3, 0.4) is 0 Å². The van der Waals surface area contributed by atoms with Crippen molar-refractivity contribution in [3.63, 3.8) is 0 Å². The molecule has 0 bridgehead atoms. The van der Waals surface area contributed by atoms with Gasteiger partial charge in [-0.1, -0.05) is 48.2 Å². The van der Waals surface area contributed by atoms with Crippen LogP contribution in [0, 0.1) is 11.8 Å². The summed E-state index contributed by atoms with van der Waals surface area (Å²) in [5.74, 6) is 6.52. The minimum Gasteiger partial charge on any atom is -0.360 e. The lowest BCUT2D eigenvalue weighted by atomic mass is 10.1. The topological polar surface area (TPSA) is 31.6 Å². The first-order chi connectivity index (χ1) is 9.92. The molecule has 0 saturated carbocycles. The van der Waals surface area contributed by atoms with E-state index in [0.29, 0.717) is 0 Å². The molecule has 2 aromatic carbocycles. The number of aromatic nitrogens is 2. The van der Waals surface area contributed by atoms with Crippen LogP contribution in [0.4, 0.5) is 0 Å². The zero-order valence-electron chi connectivity index (χ0n) is 10.8. The Morgan fingerprint density at radius 2 is 1.05 bits per heavy atom. The maximum absolute atomic E-state index is 3.26. The molecule has 0 saturated heterocycles. The highest BCUT2D eigenvalue weighted by atomic mass is 14.7. The predicted molar refractivity (Wildman–Crippen MR) is 82.6 cm³/mol. The lowest BCUT2D eigenvalue weighted by Gasteiger charge is -1.89. The van der Waals surface area contributed by atoms with Gasteiger partial charge in [-0.2, -0.15) is 0 Å². The molecule has 0 atom stereocenters. The van der Waals surface area contributed by atoms with Crippen LogP contribution in [0.15, 0.2) is 60.9 Å². The van der Waals surface area contributed by atoms with Crippen molar-refractivity contribution >= 4 is 21.8 Å². The molecular weight excluding hydrogens is 244 g/mol. The van der Waals surface area contributed by atoms with Gasteiger partial charge >= 0.3 is 0 Å². The van der Waals surface area contributed by atoms with E-state index < -0.39 is 0 Å². The Labute approximate surface area is 116 Å². The molecule has 2 heteroatoms. The zero-order chi connectivity index (χ0) is 13.4. The Balaban J connectivity index is 1.83. The lowest BCUT2D eigenvalue weighted by molar-refractivity contribution is 1.46. The summed E-state index contributed by atoms with van der Waals surface area (Å²) < 4.78 is 0. The Hall–Kier alpha value is -2.92. The van der Waals surface area contributed by atoms with Crippen molar-refractivity contribution < 1.29 is 0 Å². The standard InChI is InChI=1S/C18H12N2/c1-3-7-17-15(5-1)13(11-19-17)9-10-14-12-20-18-8-4-2-6-16(14)18/h1-8,11-12,19-20H. The Kier molecular flexibility index (Phi) is 2.37. The maximum atomic E-state index is 3.26. The van der Waals surface area contributed by atoms with E-state index >= 15 is 0 Å². The van der Waals surface area contributed by atoms with Gasteiger partial charge in [0.05, 0.1) is 11.1 Å². The molecule has 4 aromatic rings. The molecule has 2 heterocycles. The highest BCUT2D eigenvalue weighted by Crippen LogP contribution is 2.19. The van der Waals surface area contributed by atoms with Crippen LogP contribution in [0.2, 0.25) is 0 Å².